The Labute approximate surface area is 88.2 Å². The fraction of sp³-hybridized carbons (Fsp3) is 0.182. The molecule has 4 heteroatoms. The van der Waals surface area contributed by atoms with E-state index in [9.17, 15) is 9.90 Å². The van der Waals surface area contributed by atoms with Gasteiger partial charge in [0.2, 0.25) is 5.91 Å². The van der Waals surface area contributed by atoms with Crippen LogP contribution in [0.4, 0.5) is 5.69 Å². The Morgan fingerprint density at radius 1 is 1.53 bits per heavy atom. The summed E-state index contributed by atoms with van der Waals surface area (Å²) in [4.78, 5) is 11.2. The highest BCUT2D eigenvalue weighted by atomic mass is 16.5. The lowest BCUT2D eigenvalue weighted by molar-refractivity contribution is -0.111. The average molecular weight is 207 g/mol. The molecule has 0 bridgehead atoms. The maximum atomic E-state index is 11.2. The van der Waals surface area contributed by atoms with E-state index in [-0.39, 0.29) is 11.7 Å². The van der Waals surface area contributed by atoms with Crippen LogP contribution in [0.25, 0.3) is 0 Å². The molecule has 0 saturated carbocycles. The summed E-state index contributed by atoms with van der Waals surface area (Å²) < 4.78 is 4.88. The molecule has 0 aliphatic heterocycles. The number of hydrogen-bond acceptors (Lipinski definition) is 3. The fourth-order valence-corrected chi connectivity index (χ4v) is 1.10. The summed E-state index contributed by atoms with van der Waals surface area (Å²) in [6, 6.07) is 4.67. The Kier molecular flexibility index (Phi) is 3.74. The number of phenolic OH excluding ortho intramolecular Hbond substituents is 1. The molecule has 2 N–H and O–H groups in total. The molecular formula is C11H13NO3. The van der Waals surface area contributed by atoms with E-state index in [0.29, 0.717) is 11.4 Å². The van der Waals surface area contributed by atoms with Gasteiger partial charge in [-0.3, -0.25) is 4.79 Å². The number of carbonyl (C=O) groups is 1. The number of benzene rings is 1. The predicted octanol–water partition coefficient (Wildman–Crippen LogP) is 1.92. The topological polar surface area (TPSA) is 58.6 Å². The summed E-state index contributed by atoms with van der Waals surface area (Å²) in [6.45, 7) is 1.76. The number of carbonyl (C=O) groups excluding carboxylic acids is 1. The summed E-state index contributed by atoms with van der Waals surface area (Å²) in [7, 11) is 1.47. The van der Waals surface area contributed by atoms with Crippen LogP contribution >= 0.6 is 0 Å². The van der Waals surface area contributed by atoms with Crippen LogP contribution in [-0.2, 0) is 4.79 Å². The van der Waals surface area contributed by atoms with E-state index in [2.05, 4.69) is 5.32 Å². The van der Waals surface area contributed by atoms with Gasteiger partial charge in [-0.05, 0) is 25.1 Å². The van der Waals surface area contributed by atoms with Gasteiger partial charge in [0.15, 0.2) is 11.5 Å². The molecule has 0 heterocycles. The number of allylic oxidation sites excluding steroid dienone is 1. The summed E-state index contributed by atoms with van der Waals surface area (Å²) >= 11 is 0. The van der Waals surface area contributed by atoms with Crippen molar-refractivity contribution in [1.29, 1.82) is 0 Å². The van der Waals surface area contributed by atoms with Crippen molar-refractivity contribution < 1.29 is 14.6 Å². The van der Waals surface area contributed by atoms with E-state index < -0.39 is 0 Å². The number of nitrogens with one attached hydrogen (secondary N) is 1. The van der Waals surface area contributed by atoms with E-state index >= 15 is 0 Å². The number of amides is 1. The first-order chi connectivity index (χ1) is 7.17. The maximum absolute atomic E-state index is 11.2. The molecule has 1 aromatic carbocycles. The summed E-state index contributed by atoms with van der Waals surface area (Å²) in [5.74, 6) is 0.136. The van der Waals surface area contributed by atoms with Crippen molar-refractivity contribution in [3.05, 3.63) is 30.4 Å². The first-order valence-electron chi connectivity index (χ1n) is 4.48. The van der Waals surface area contributed by atoms with E-state index in [4.69, 9.17) is 4.74 Å². The van der Waals surface area contributed by atoms with Gasteiger partial charge in [0.25, 0.3) is 0 Å². The van der Waals surface area contributed by atoms with Crippen molar-refractivity contribution in [2.75, 3.05) is 12.4 Å². The Bertz CT molecular complexity index is 385. The Balaban J connectivity index is 2.79. The summed E-state index contributed by atoms with van der Waals surface area (Å²) in [5.41, 5.74) is 0.524. The standard InChI is InChI=1S/C11H13NO3/c1-3-4-11(14)12-8-5-6-10(15-2)9(13)7-8/h3-7,13H,1-2H3,(H,12,14). The molecule has 0 fully saturated rings. The van der Waals surface area contributed by atoms with Crippen molar-refractivity contribution in [3.63, 3.8) is 0 Å². The molecule has 0 atom stereocenters. The molecule has 0 aliphatic rings. The molecule has 80 valence electrons. The van der Waals surface area contributed by atoms with Gasteiger partial charge in [0.05, 0.1) is 7.11 Å². The van der Waals surface area contributed by atoms with Crippen LogP contribution in [0.15, 0.2) is 30.4 Å². The zero-order valence-corrected chi connectivity index (χ0v) is 8.65. The van der Waals surface area contributed by atoms with Gasteiger partial charge in [0.1, 0.15) is 0 Å². The largest absolute Gasteiger partial charge is 0.504 e. The number of aromatic hydroxyl groups is 1. The minimum Gasteiger partial charge on any atom is -0.504 e. The van der Waals surface area contributed by atoms with Gasteiger partial charge >= 0.3 is 0 Å². The molecule has 0 radical (unpaired) electrons. The zero-order valence-electron chi connectivity index (χ0n) is 8.65. The molecule has 0 aromatic heterocycles. The second-order valence-electron chi connectivity index (χ2n) is 2.88. The third kappa shape index (κ3) is 3.02. The molecule has 0 aliphatic carbocycles. The molecule has 0 unspecified atom stereocenters. The van der Waals surface area contributed by atoms with Gasteiger partial charge in [-0.25, -0.2) is 0 Å². The van der Waals surface area contributed by atoms with Gasteiger partial charge in [0, 0.05) is 11.8 Å². The van der Waals surface area contributed by atoms with E-state index in [1.807, 2.05) is 0 Å². The number of phenols is 1. The minimum atomic E-state index is -0.234. The van der Waals surface area contributed by atoms with Crippen LogP contribution in [0.5, 0.6) is 11.5 Å². The molecule has 0 saturated heterocycles. The first kappa shape index (κ1) is 11.1. The SMILES string of the molecule is CC=CC(=O)Nc1ccc(OC)c(O)c1. The highest BCUT2D eigenvalue weighted by Crippen LogP contribution is 2.28. The normalized spacial score (nSPS) is 10.3. The van der Waals surface area contributed by atoms with E-state index in [1.165, 1.54) is 19.3 Å². The van der Waals surface area contributed by atoms with Crippen LogP contribution in [0.2, 0.25) is 0 Å². The van der Waals surface area contributed by atoms with Crippen molar-refractivity contribution in [3.8, 4) is 11.5 Å². The highest BCUT2D eigenvalue weighted by molar-refractivity contribution is 5.99. The van der Waals surface area contributed by atoms with E-state index in [1.54, 1.807) is 25.1 Å². The van der Waals surface area contributed by atoms with Gasteiger partial charge in [-0.15, -0.1) is 0 Å². The molecule has 1 rings (SSSR count). The molecule has 0 spiro atoms. The minimum absolute atomic E-state index is 0.00391. The second kappa shape index (κ2) is 5.05. The third-order valence-corrected chi connectivity index (χ3v) is 1.76. The molecular weight excluding hydrogens is 194 g/mol. The van der Waals surface area contributed by atoms with Crippen LogP contribution in [-0.4, -0.2) is 18.1 Å². The van der Waals surface area contributed by atoms with Gasteiger partial charge in [-0.1, -0.05) is 6.08 Å². The van der Waals surface area contributed by atoms with Gasteiger partial charge < -0.3 is 15.2 Å². The molecule has 4 nitrogen and oxygen atoms in total. The average Bonchev–Trinajstić information content (AvgIpc) is 2.18. The van der Waals surface area contributed by atoms with Crippen molar-refractivity contribution in [2.45, 2.75) is 6.92 Å². The van der Waals surface area contributed by atoms with Crippen LogP contribution in [0, 0.1) is 0 Å². The lowest BCUT2D eigenvalue weighted by Crippen LogP contribution is -2.07. The number of ether oxygens (including phenoxy) is 1. The highest BCUT2D eigenvalue weighted by Gasteiger charge is 2.03. The Morgan fingerprint density at radius 2 is 2.27 bits per heavy atom. The van der Waals surface area contributed by atoms with Gasteiger partial charge in [-0.2, -0.15) is 0 Å². The monoisotopic (exact) mass is 207 g/mol. The fourth-order valence-electron chi connectivity index (χ4n) is 1.10. The quantitative estimate of drug-likeness (QED) is 0.744. The van der Waals surface area contributed by atoms with Crippen molar-refractivity contribution in [1.82, 2.24) is 0 Å². The van der Waals surface area contributed by atoms with Crippen LogP contribution in [0.1, 0.15) is 6.92 Å². The third-order valence-electron chi connectivity index (χ3n) is 1.76. The molecule has 1 aromatic rings. The number of anilines is 1. The summed E-state index contributed by atoms with van der Waals surface area (Å²) in [5, 5.41) is 12.0. The smallest absolute Gasteiger partial charge is 0.248 e. The number of methoxy groups -OCH3 is 1. The van der Waals surface area contributed by atoms with E-state index in [0.717, 1.165) is 0 Å². The second-order valence-corrected chi connectivity index (χ2v) is 2.88. The Hall–Kier alpha value is -1.97. The first-order valence-corrected chi connectivity index (χ1v) is 4.48. The lowest BCUT2D eigenvalue weighted by Gasteiger charge is -2.06. The van der Waals surface area contributed by atoms with Crippen LogP contribution < -0.4 is 10.1 Å². The van der Waals surface area contributed by atoms with Crippen molar-refractivity contribution >= 4 is 11.6 Å². The number of rotatable bonds is 3. The van der Waals surface area contributed by atoms with Crippen molar-refractivity contribution in [2.24, 2.45) is 0 Å². The van der Waals surface area contributed by atoms with Crippen LogP contribution in [0.3, 0.4) is 0 Å². The zero-order chi connectivity index (χ0) is 11.3. The lowest BCUT2D eigenvalue weighted by atomic mass is 10.2. The molecule has 15 heavy (non-hydrogen) atoms. The molecule has 1 amide bonds. The summed E-state index contributed by atoms with van der Waals surface area (Å²) in [6.07, 6.45) is 3.04. The Morgan fingerprint density at radius 3 is 2.80 bits per heavy atom. The number of hydrogen-bond donors (Lipinski definition) is 2. The maximum Gasteiger partial charge on any atom is 0.248 e. The predicted molar refractivity (Wildman–Crippen MR) is 58.1 cm³/mol.